The van der Waals surface area contributed by atoms with Gasteiger partial charge in [-0.05, 0) is 83.6 Å². The SMILES string of the molecule is CCC(C(=O)[C@@H](C)[C@@H](O)[C@H](C)C1(C)O[C@@H](CC(=O)O)CC[C@@H]1C)[C@H]1O[C@]2(C=C[C@@H](N)[C@]3(CC[C@@](C)(C4CCC(O)[C@H](C)O4)O3)O2)[C@H](C)C[C@@H]1C. The molecular weight excluding hydrogens is 642 g/mol. The second kappa shape index (κ2) is 14.8. The molecule has 0 saturated carbocycles. The molecule has 2 spiro atoms. The third-order valence-electron chi connectivity index (χ3n) is 13.7. The van der Waals surface area contributed by atoms with Crippen molar-refractivity contribution in [3.8, 4) is 0 Å². The molecule has 0 aromatic heterocycles. The Kier molecular flexibility index (Phi) is 11.7. The van der Waals surface area contributed by atoms with Crippen LogP contribution in [0.5, 0.6) is 0 Å². The summed E-state index contributed by atoms with van der Waals surface area (Å²) in [5.41, 5.74) is 5.29. The Morgan fingerprint density at radius 3 is 2.32 bits per heavy atom. The number of hydrogen-bond acceptors (Lipinski definition) is 10. The molecule has 0 amide bonds. The molecule has 4 fully saturated rings. The molecule has 286 valence electrons. The van der Waals surface area contributed by atoms with Crippen LogP contribution < -0.4 is 5.73 Å². The van der Waals surface area contributed by atoms with E-state index in [1.54, 1.807) is 6.92 Å². The maximum Gasteiger partial charge on any atom is 0.305 e. The molecule has 5 N–H and O–H groups in total. The molecular formula is C39H65NO10. The van der Waals surface area contributed by atoms with Crippen molar-refractivity contribution in [1.29, 1.82) is 0 Å². The van der Waals surface area contributed by atoms with Crippen LogP contribution in [0.3, 0.4) is 0 Å². The lowest BCUT2D eigenvalue weighted by atomic mass is 9.68. The van der Waals surface area contributed by atoms with E-state index in [1.807, 2.05) is 46.8 Å². The molecule has 4 unspecified atom stereocenters. The number of hydrogen-bond donors (Lipinski definition) is 4. The first-order chi connectivity index (χ1) is 23.3. The number of aliphatic hydroxyl groups excluding tert-OH is 2. The van der Waals surface area contributed by atoms with Crippen molar-refractivity contribution in [1.82, 2.24) is 0 Å². The second-order valence-electron chi connectivity index (χ2n) is 17.1. The molecule has 0 aromatic carbocycles. The molecule has 0 aromatic rings. The van der Waals surface area contributed by atoms with Crippen molar-refractivity contribution in [2.45, 2.75) is 186 Å². The fourth-order valence-electron chi connectivity index (χ4n) is 9.77. The van der Waals surface area contributed by atoms with Crippen LogP contribution in [0.15, 0.2) is 12.2 Å². The minimum absolute atomic E-state index is 0.0455. The zero-order chi connectivity index (χ0) is 37.0. The summed E-state index contributed by atoms with van der Waals surface area (Å²) >= 11 is 0. The minimum atomic E-state index is -1.16. The number of nitrogens with two attached hydrogens (primary N) is 1. The van der Waals surface area contributed by atoms with Gasteiger partial charge >= 0.3 is 5.97 Å². The van der Waals surface area contributed by atoms with Crippen LogP contribution in [0.1, 0.15) is 120 Å². The van der Waals surface area contributed by atoms with Crippen molar-refractivity contribution in [2.75, 3.05) is 0 Å². The lowest BCUT2D eigenvalue weighted by Gasteiger charge is -2.54. The number of carbonyl (C=O) groups is 2. The van der Waals surface area contributed by atoms with E-state index in [-0.39, 0.29) is 42.2 Å². The highest BCUT2D eigenvalue weighted by molar-refractivity contribution is 5.84. The lowest BCUT2D eigenvalue weighted by Crippen LogP contribution is -2.64. The first-order valence-electron chi connectivity index (χ1n) is 19.3. The second-order valence-corrected chi connectivity index (χ2v) is 17.1. The molecule has 0 radical (unpaired) electrons. The fraction of sp³-hybridized carbons (Fsp3) is 0.897. The van der Waals surface area contributed by atoms with Gasteiger partial charge in [-0.25, -0.2) is 0 Å². The molecule has 5 aliphatic rings. The van der Waals surface area contributed by atoms with E-state index in [0.29, 0.717) is 38.5 Å². The van der Waals surface area contributed by atoms with Crippen LogP contribution in [-0.4, -0.2) is 92.5 Å². The van der Waals surface area contributed by atoms with Crippen LogP contribution >= 0.6 is 0 Å². The summed E-state index contributed by atoms with van der Waals surface area (Å²) in [6, 6.07) is -0.531. The molecule has 0 aliphatic carbocycles. The molecule has 50 heavy (non-hydrogen) atoms. The number of aliphatic carboxylic acids is 1. The summed E-state index contributed by atoms with van der Waals surface area (Å²) < 4.78 is 33.5. The number of carbonyl (C=O) groups excluding carboxylic acids is 1. The highest BCUT2D eigenvalue weighted by Crippen LogP contribution is 2.53. The minimum Gasteiger partial charge on any atom is -0.481 e. The van der Waals surface area contributed by atoms with Gasteiger partial charge in [0.25, 0.3) is 0 Å². The average Bonchev–Trinajstić information content (AvgIpc) is 3.41. The molecule has 17 atom stereocenters. The molecule has 11 nitrogen and oxygen atoms in total. The number of ether oxygens (including phenoxy) is 5. The zero-order valence-corrected chi connectivity index (χ0v) is 31.8. The maximum absolute atomic E-state index is 14.4. The third-order valence-corrected chi connectivity index (χ3v) is 13.7. The summed E-state index contributed by atoms with van der Waals surface area (Å²) in [5, 5.41) is 31.4. The topological polar surface area (TPSA) is 167 Å². The van der Waals surface area contributed by atoms with Gasteiger partial charge in [-0.1, -0.05) is 47.6 Å². The van der Waals surface area contributed by atoms with Gasteiger partial charge in [0.1, 0.15) is 5.78 Å². The van der Waals surface area contributed by atoms with E-state index < -0.39 is 77.0 Å². The number of carboxylic acid groups (broad SMARTS) is 1. The Hall–Kier alpha value is -1.44. The third kappa shape index (κ3) is 7.24. The van der Waals surface area contributed by atoms with E-state index in [2.05, 4.69) is 20.8 Å². The largest absolute Gasteiger partial charge is 0.481 e. The molecule has 5 rings (SSSR count). The summed E-state index contributed by atoms with van der Waals surface area (Å²) in [6.07, 6.45) is 6.13. The summed E-state index contributed by atoms with van der Waals surface area (Å²) in [7, 11) is 0. The molecule has 11 heteroatoms. The smallest absolute Gasteiger partial charge is 0.305 e. The highest BCUT2D eigenvalue weighted by atomic mass is 16.8. The van der Waals surface area contributed by atoms with Crippen molar-refractivity contribution in [3.63, 3.8) is 0 Å². The predicted octanol–water partition coefficient (Wildman–Crippen LogP) is 5.13. The van der Waals surface area contributed by atoms with Gasteiger partial charge in [-0.15, -0.1) is 0 Å². The molecule has 5 heterocycles. The number of carboxylic acids is 1. The van der Waals surface area contributed by atoms with E-state index >= 15 is 0 Å². The van der Waals surface area contributed by atoms with E-state index in [0.717, 1.165) is 12.8 Å². The van der Waals surface area contributed by atoms with Gasteiger partial charge in [0, 0.05) is 30.1 Å². The summed E-state index contributed by atoms with van der Waals surface area (Å²) in [6.45, 7) is 17.8. The number of Topliss-reactive ketones (excluding diaryl/α,β-unsaturated/α-hetero) is 1. The van der Waals surface area contributed by atoms with E-state index in [9.17, 15) is 24.9 Å². The quantitative estimate of drug-likeness (QED) is 0.222. The van der Waals surface area contributed by atoms with Crippen molar-refractivity contribution in [2.24, 2.45) is 41.2 Å². The normalized spacial score (nSPS) is 47.6. The van der Waals surface area contributed by atoms with Gasteiger partial charge in [0.2, 0.25) is 0 Å². The highest BCUT2D eigenvalue weighted by Gasteiger charge is 2.62. The monoisotopic (exact) mass is 707 g/mol. The molecule has 0 bridgehead atoms. The van der Waals surface area contributed by atoms with Gasteiger partial charge in [0.05, 0.1) is 60.3 Å². The zero-order valence-electron chi connectivity index (χ0n) is 31.8. The Bertz CT molecular complexity index is 1260. The summed E-state index contributed by atoms with van der Waals surface area (Å²) in [4.78, 5) is 25.9. The molecule has 4 saturated heterocycles. The molecule has 5 aliphatic heterocycles. The lowest BCUT2D eigenvalue weighted by molar-refractivity contribution is -0.396. The van der Waals surface area contributed by atoms with Gasteiger partial charge < -0.3 is 44.7 Å². The van der Waals surface area contributed by atoms with E-state index in [1.165, 1.54) is 0 Å². The van der Waals surface area contributed by atoms with Crippen LogP contribution in [0, 0.1) is 35.5 Å². The van der Waals surface area contributed by atoms with Gasteiger partial charge in [-0.3, -0.25) is 9.59 Å². The average molecular weight is 708 g/mol. The number of ketones is 1. The van der Waals surface area contributed by atoms with Crippen LogP contribution in [0.4, 0.5) is 0 Å². The van der Waals surface area contributed by atoms with Crippen molar-refractivity contribution >= 4 is 11.8 Å². The van der Waals surface area contributed by atoms with Gasteiger partial charge in [0.15, 0.2) is 11.6 Å². The maximum atomic E-state index is 14.4. The van der Waals surface area contributed by atoms with Crippen LogP contribution in [0.25, 0.3) is 0 Å². The van der Waals surface area contributed by atoms with Crippen LogP contribution in [0.2, 0.25) is 0 Å². The van der Waals surface area contributed by atoms with Gasteiger partial charge in [-0.2, -0.15) is 0 Å². The standard InChI is InChI=1S/C39H65NO10/c1-10-28(34(45)24(5)33(44)25(6)37(9)22(3)11-12-27(47-37)20-32(42)43)35-21(2)19-23(4)38(48-35)16-15-30(40)39(50-38)18-17-36(8,49-39)31-14-13-29(41)26(7)46-31/h15-16,21-31,33,35,41,44H,10-14,17-20,40H2,1-9H3,(H,42,43)/t21-,22-,23+,24-,25-,26-,27+,28?,29?,30+,31?,33+,35-,36-,37?,38-,39-/m0/s1. The summed E-state index contributed by atoms with van der Waals surface area (Å²) in [5.74, 6) is -4.81. The Labute approximate surface area is 299 Å². The number of aliphatic hydroxyl groups is 2. The first-order valence-corrected chi connectivity index (χ1v) is 19.3. The predicted molar refractivity (Wildman–Crippen MR) is 187 cm³/mol. The van der Waals surface area contributed by atoms with Crippen LogP contribution in [-0.2, 0) is 33.3 Å². The van der Waals surface area contributed by atoms with Crippen molar-refractivity contribution < 1.29 is 48.6 Å². The fourth-order valence-corrected chi connectivity index (χ4v) is 9.77. The Balaban J connectivity index is 1.33. The van der Waals surface area contributed by atoms with E-state index in [4.69, 9.17) is 29.4 Å². The first kappa shape index (κ1) is 39.8. The Morgan fingerprint density at radius 2 is 1.68 bits per heavy atom. The Morgan fingerprint density at radius 1 is 0.980 bits per heavy atom. The number of rotatable bonds is 10. The van der Waals surface area contributed by atoms with Crippen molar-refractivity contribution in [3.05, 3.63) is 12.2 Å².